The SMILES string of the molecule is COc1cccc(-c2ccc3nc(NC(=O)CN4CCN(C)CC4)cn3n2)c1. The summed E-state index contributed by atoms with van der Waals surface area (Å²) >= 11 is 0. The Hall–Kier alpha value is -2.97. The maximum absolute atomic E-state index is 12.3. The summed E-state index contributed by atoms with van der Waals surface area (Å²) in [5.41, 5.74) is 2.44. The molecular weight excluding hydrogens is 356 g/mol. The van der Waals surface area contributed by atoms with Crippen LogP contribution in [-0.2, 0) is 4.79 Å². The van der Waals surface area contributed by atoms with E-state index in [-0.39, 0.29) is 5.91 Å². The zero-order valence-corrected chi connectivity index (χ0v) is 16.1. The van der Waals surface area contributed by atoms with Gasteiger partial charge in [0.25, 0.3) is 0 Å². The van der Waals surface area contributed by atoms with Gasteiger partial charge in [0.1, 0.15) is 5.75 Å². The van der Waals surface area contributed by atoms with Crippen LogP contribution in [0.25, 0.3) is 16.9 Å². The number of carbonyl (C=O) groups is 1. The van der Waals surface area contributed by atoms with E-state index in [4.69, 9.17) is 4.74 Å². The van der Waals surface area contributed by atoms with Crippen LogP contribution in [0.1, 0.15) is 0 Å². The van der Waals surface area contributed by atoms with Gasteiger partial charge >= 0.3 is 0 Å². The van der Waals surface area contributed by atoms with Crippen molar-refractivity contribution in [2.24, 2.45) is 0 Å². The second-order valence-electron chi connectivity index (χ2n) is 7.01. The highest BCUT2D eigenvalue weighted by Crippen LogP contribution is 2.22. The number of piperazine rings is 1. The first-order chi connectivity index (χ1) is 13.6. The molecule has 3 heterocycles. The summed E-state index contributed by atoms with van der Waals surface area (Å²) in [6.07, 6.45) is 1.74. The van der Waals surface area contributed by atoms with Gasteiger partial charge in [0.15, 0.2) is 11.5 Å². The lowest BCUT2D eigenvalue weighted by Gasteiger charge is -2.31. The monoisotopic (exact) mass is 380 g/mol. The largest absolute Gasteiger partial charge is 0.497 e. The molecule has 0 atom stereocenters. The standard InChI is InChI=1S/C20H24N6O2/c1-24-8-10-25(11-9-24)14-20(27)22-18-13-26-19(21-18)7-6-17(23-26)15-4-3-5-16(12-15)28-2/h3-7,12-13H,8-11,14H2,1-2H3,(H,22,27). The number of nitrogens with one attached hydrogen (secondary N) is 1. The topological polar surface area (TPSA) is 75.0 Å². The van der Waals surface area contributed by atoms with Gasteiger partial charge in [-0.2, -0.15) is 5.10 Å². The Morgan fingerprint density at radius 3 is 2.79 bits per heavy atom. The molecule has 4 rings (SSSR count). The van der Waals surface area contributed by atoms with E-state index in [2.05, 4.69) is 32.2 Å². The molecule has 1 aliphatic heterocycles. The molecule has 1 saturated heterocycles. The van der Waals surface area contributed by atoms with E-state index in [1.807, 2.05) is 36.4 Å². The fourth-order valence-corrected chi connectivity index (χ4v) is 3.27. The molecule has 146 valence electrons. The van der Waals surface area contributed by atoms with Gasteiger partial charge < -0.3 is 15.0 Å². The number of likely N-dealkylation sites (N-methyl/N-ethyl adjacent to an activating group) is 1. The van der Waals surface area contributed by atoms with Gasteiger partial charge in [-0.05, 0) is 31.3 Å². The number of anilines is 1. The van der Waals surface area contributed by atoms with E-state index in [1.165, 1.54) is 0 Å². The lowest BCUT2D eigenvalue weighted by molar-refractivity contribution is -0.117. The van der Waals surface area contributed by atoms with Crippen LogP contribution in [0.5, 0.6) is 5.75 Å². The Morgan fingerprint density at radius 2 is 2.00 bits per heavy atom. The average molecular weight is 380 g/mol. The van der Waals surface area contributed by atoms with Crippen LogP contribution >= 0.6 is 0 Å². The number of imidazole rings is 1. The Bertz CT molecular complexity index is 978. The smallest absolute Gasteiger partial charge is 0.239 e. The van der Waals surface area contributed by atoms with E-state index >= 15 is 0 Å². The highest BCUT2D eigenvalue weighted by molar-refractivity contribution is 5.91. The van der Waals surface area contributed by atoms with Crippen LogP contribution in [-0.4, -0.2) is 77.2 Å². The number of amides is 1. The molecule has 8 nitrogen and oxygen atoms in total. The molecule has 0 aliphatic carbocycles. The zero-order valence-electron chi connectivity index (χ0n) is 16.1. The summed E-state index contributed by atoms with van der Waals surface area (Å²) in [6.45, 7) is 4.16. The zero-order chi connectivity index (χ0) is 19.5. The van der Waals surface area contributed by atoms with Crippen molar-refractivity contribution in [3.8, 4) is 17.0 Å². The third kappa shape index (κ3) is 4.13. The number of carbonyl (C=O) groups excluding carboxylic acids is 1. The minimum Gasteiger partial charge on any atom is -0.497 e. The van der Waals surface area contributed by atoms with Gasteiger partial charge in [0.2, 0.25) is 5.91 Å². The normalized spacial score (nSPS) is 15.6. The summed E-state index contributed by atoms with van der Waals surface area (Å²) in [7, 11) is 3.74. The summed E-state index contributed by atoms with van der Waals surface area (Å²) in [6, 6.07) is 11.5. The molecule has 0 spiro atoms. The Labute approximate surface area is 163 Å². The first-order valence-electron chi connectivity index (χ1n) is 9.32. The summed E-state index contributed by atoms with van der Waals surface area (Å²) in [4.78, 5) is 21.2. The Balaban J connectivity index is 1.46. The number of fused-ring (bicyclic) bond motifs is 1. The fraction of sp³-hybridized carbons (Fsp3) is 0.350. The molecule has 0 unspecified atom stereocenters. The van der Waals surface area contributed by atoms with Gasteiger partial charge in [-0.15, -0.1) is 0 Å². The van der Waals surface area contributed by atoms with Crippen molar-refractivity contribution in [1.82, 2.24) is 24.4 Å². The molecule has 1 N–H and O–H groups in total. The molecule has 1 aliphatic rings. The number of nitrogens with zero attached hydrogens (tertiary/aromatic N) is 5. The summed E-state index contributed by atoms with van der Waals surface area (Å²) < 4.78 is 6.96. The van der Waals surface area contributed by atoms with Gasteiger partial charge in [-0.3, -0.25) is 9.69 Å². The quantitative estimate of drug-likeness (QED) is 0.725. The van der Waals surface area contributed by atoms with Crippen LogP contribution in [0.3, 0.4) is 0 Å². The predicted octanol–water partition coefficient (Wildman–Crippen LogP) is 1.59. The van der Waals surface area contributed by atoms with E-state index in [0.29, 0.717) is 18.0 Å². The number of methoxy groups -OCH3 is 1. The maximum Gasteiger partial charge on any atom is 0.239 e. The molecular formula is C20H24N6O2. The molecule has 3 aromatic rings. The third-order valence-corrected chi connectivity index (χ3v) is 4.92. The highest BCUT2D eigenvalue weighted by atomic mass is 16.5. The van der Waals surface area contributed by atoms with Gasteiger partial charge in [0.05, 0.1) is 25.5 Å². The van der Waals surface area contributed by atoms with Crippen LogP contribution < -0.4 is 10.1 Å². The fourth-order valence-electron chi connectivity index (χ4n) is 3.27. The number of hydrogen-bond donors (Lipinski definition) is 1. The Morgan fingerprint density at radius 1 is 1.18 bits per heavy atom. The van der Waals surface area contributed by atoms with Crippen molar-refractivity contribution in [2.45, 2.75) is 0 Å². The summed E-state index contributed by atoms with van der Waals surface area (Å²) in [5, 5.41) is 7.49. The minimum absolute atomic E-state index is 0.0546. The van der Waals surface area contributed by atoms with Crippen molar-refractivity contribution >= 4 is 17.4 Å². The number of benzene rings is 1. The second kappa shape index (κ2) is 7.95. The van der Waals surface area contributed by atoms with Crippen molar-refractivity contribution in [1.29, 1.82) is 0 Å². The molecule has 2 aromatic heterocycles. The van der Waals surface area contributed by atoms with Gasteiger partial charge in [-0.1, -0.05) is 12.1 Å². The molecule has 28 heavy (non-hydrogen) atoms. The third-order valence-electron chi connectivity index (χ3n) is 4.92. The van der Waals surface area contributed by atoms with Gasteiger partial charge in [0, 0.05) is 31.7 Å². The lowest BCUT2D eigenvalue weighted by Crippen LogP contribution is -2.47. The van der Waals surface area contributed by atoms with E-state index in [1.54, 1.807) is 17.8 Å². The van der Waals surface area contributed by atoms with Crippen LogP contribution in [0.2, 0.25) is 0 Å². The molecule has 8 heteroatoms. The number of hydrogen-bond acceptors (Lipinski definition) is 6. The minimum atomic E-state index is -0.0546. The molecule has 1 amide bonds. The molecule has 0 saturated carbocycles. The number of rotatable bonds is 5. The lowest BCUT2D eigenvalue weighted by atomic mass is 10.1. The van der Waals surface area contributed by atoms with Crippen LogP contribution in [0, 0.1) is 0 Å². The van der Waals surface area contributed by atoms with Crippen LogP contribution in [0.15, 0.2) is 42.6 Å². The second-order valence-corrected chi connectivity index (χ2v) is 7.01. The molecule has 0 bridgehead atoms. The van der Waals surface area contributed by atoms with E-state index < -0.39 is 0 Å². The van der Waals surface area contributed by atoms with Crippen molar-refractivity contribution in [2.75, 3.05) is 52.2 Å². The Kier molecular flexibility index (Phi) is 5.23. The summed E-state index contributed by atoms with van der Waals surface area (Å²) in [5.74, 6) is 1.23. The molecule has 0 radical (unpaired) electrons. The van der Waals surface area contributed by atoms with Crippen molar-refractivity contribution < 1.29 is 9.53 Å². The predicted molar refractivity (Wildman–Crippen MR) is 108 cm³/mol. The highest BCUT2D eigenvalue weighted by Gasteiger charge is 2.17. The maximum atomic E-state index is 12.3. The van der Waals surface area contributed by atoms with E-state index in [9.17, 15) is 4.79 Å². The average Bonchev–Trinajstić information content (AvgIpc) is 3.11. The molecule has 1 aromatic carbocycles. The number of ether oxygens (including phenoxy) is 1. The van der Waals surface area contributed by atoms with Gasteiger partial charge in [-0.25, -0.2) is 9.50 Å². The van der Waals surface area contributed by atoms with Crippen LogP contribution in [0.4, 0.5) is 5.82 Å². The molecule has 1 fully saturated rings. The first-order valence-corrected chi connectivity index (χ1v) is 9.32. The number of aromatic nitrogens is 3. The van der Waals surface area contributed by atoms with E-state index in [0.717, 1.165) is 43.2 Å². The first kappa shape index (κ1) is 18.4. The van der Waals surface area contributed by atoms with Crippen molar-refractivity contribution in [3.05, 3.63) is 42.6 Å². The van der Waals surface area contributed by atoms with Crippen molar-refractivity contribution in [3.63, 3.8) is 0 Å².